The van der Waals surface area contributed by atoms with Gasteiger partial charge in [-0.25, -0.2) is 4.79 Å². The lowest BCUT2D eigenvalue weighted by atomic mass is 10.1. The Labute approximate surface area is 131 Å². The van der Waals surface area contributed by atoms with E-state index in [-0.39, 0.29) is 6.61 Å². The van der Waals surface area contributed by atoms with Gasteiger partial charge in [0.1, 0.15) is 11.9 Å². The third-order valence-corrected chi connectivity index (χ3v) is 3.70. The smallest absolute Gasteiger partial charge is 0.412 e. The minimum atomic E-state index is -0.565. The van der Waals surface area contributed by atoms with Crippen LogP contribution in [0.2, 0.25) is 0 Å². The first kappa shape index (κ1) is 16.6. The van der Waals surface area contributed by atoms with E-state index in [9.17, 15) is 9.90 Å². The molecule has 6 heteroatoms. The van der Waals surface area contributed by atoms with Crippen molar-refractivity contribution in [1.29, 1.82) is 0 Å². The minimum absolute atomic E-state index is 0.179. The number of piperidine rings is 1. The number of hydrogen-bond donors (Lipinski definition) is 2. The van der Waals surface area contributed by atoms with Crippen molar-refractivity contribution in [1.82, 2.24) is 4.90 Å². The number of rotatable bonds is 6. The maximum absolute atomic E-state index is 11.9. The van der Waals surface area contributed by atoms with E-state index < -0.39 is 12.2 Å². The number of anilines is 1. The van der Waals surface area contributed by atoms with Crippen molar-refractivity contribution >= 4 is 11.8 Å². The molecule has 1 aromatic rings. The van der Waals surface area contributed by atoms with Gasteiger partial charge < -0.3 is 14.6 Å². The van der Waals surface area contributed by atoms with Gasteiger partial charge in [0.2, 0.25) is 0 Å². The summed E-state index contributed by atoms with van der Waals surface area (Å²) < 4.78 is 10.4. The fourth-order valence-electron chi connectivity index (χ4n) is 2.56. The van der Waals surface area contributed by atoms with E-state index in [2.05, 4.69) is 10.2 Å². The maximum Gasteiger partial charge on any atom is 0.412 e. The van der Waals surface area contributed by atoms with Crippen LogP contribution in [0, 0.1) is 0 Å². The summed E-state index contributed by atoms with van der Waals surface area (Å²) in [5.74, 6) is 0.657. The Bertz CT molecular complexity index is 475. The van der Waals surface area contributed by atoms with Crippen LogP contribution in [0.3, 0.4) is 0 Å². The van der Waals surface area contributed by atoms with Gasteiger partial charge in [-0.2, -0.15) is 0 Å². The number of ether oxygens (including phenoxy) is 2. The zero-order chi connectivity index (χ0) is 15.8. The standard InChI is InChI=1S/C16H24N2O4/c1-21-14-7-5-6-13(10-14)17-16(20)22-15(12-19)11-18-8-3-2-4-9-18/h5-7,10,15,19H,2-4,8-9,11-12H2,1H3,(H,17,20). The van der Waals surface area contributed by atoms with Crippen LogP contribution in [-0.2, 0) is 4.74 Å². The van der Waals surface area contributed by atoms with Crippen molar-refractivity contribution in [3.63, 3.8) is 0 Å². The molecule has 122 valence electrons. The van der Waals surface area contributed by atoms with Crippen LogP contribution in [0.25, 0.3) is 0 Å². The van der Waals surface area contributed by atoms with Gasteiger partial charge in [-0.15, -0.1) is 0 Å². The highest BCUT2D eigenvalue weighted by molar-refractivity contribution is 5.84. The van der Waals surface area contributed by atoms with Crippen LogP contribution in [0.15, 0.2) is 24.3 Å². The van der Waals surface area contributed by atoms with E-state index >= 15 is 0 Å². The molecule has 1 aliphatic heterocycles. The molecule has 1 aromatic carbocycles. The Morgan fingerprint density at radius 3 is 2.82 bits per heavy atom. The Morgan fingerprint density at radius 1 is 1.36 bits per heavy atom. The monoisotopic (exact) mass is 308 g/mol. The van der Waals surface area contributed by atoms with Gasteiger partial charge in [-0.3, -0.25) is 10.2 Å². The van der Waals surface area contributed by atoms with Crippen molar-refractivity contribution < 1.29 is 19.4 Å². The number of hydrogen-bond acceptors (Lipinski definition) is 5. The average molecular weight is 308 g/mol. The first-order chi connectivity index (χ1) is 10.7. The molecule has 1 aliphatic rings. The molecule has 2 N–H and O–H groups in total. The summed E-state index contributed by atoms with van der Waals surface area (Å²) in [7, 11) is 1.57. The second kappa shape index (κ2) is 8.60. The minimum Gasteiger partial charge on any atom is -0.497 e. The van der Waals surface area contributed by atoms with Crippen molar-refractivity contribution in [2.75, 3.05) is 38.7 Å². The Balaban J connectivity index is 1.82. The summed E-state index contributed by atoms with van der Waals surface area (Å²) in [6, 6.07) is 7.04. The molecule has 0 bridgehead atoms. The molecule has 1 unspecified atom stereocenters. The van der Waals surface area contributed by atoms with E-state index in [0.29, 0.717) is 18.0 Å². The zero-order valence-corrected chi connectivity index (χ0v) is 13.0. The lowest BCUT2D eigenvalue weighted by Gasteiger charge is -2.29. The second-order valence-corrected chi connectivity index (χ2v) is 5.43. The molecule has 0 aliphatic carbocycles. The predicted octanol–water partition coefficient (Wildman–Crippen LogP) is 2.09. The quantitative estimate of drug-likeness (QED) is 0.842. The van der Waals surface area contributed by atoms with Crippen LogP contribution in [-0.4, -0.2) is 55.6 Å². The third kappa shape index (κ3) is 5.20. The number of amides is 1. The Morgan fingerprint density at radius 2 is 2.14 bits per heavy atom. The first-order valence-electron chi connectivity index (χ1n) is 7.66. The summed E-state index contributed by atoms with van der Waals surface area (Å²) >= 11 is 0. The van der Waals surface area contributed by atoms with Gasteiger partial charge in [0.05, 0.1) is 13.7 Å². The zero-order valence-electron chi connectivity index (χ0n) is 13.0. The molecule has 1 fully saturated rings. The summed E-state index contributed by atoms with van der Waals surface area (Å²) in [5.41, 5.74) is 0.596. The highest BCUT2D eigenvalue weighted by Gasteiger charge is 2.19. The number of nitrogens with zero attached hydrogens (tertiary/aromatic N) is 1. The lowest BCUT2D eigenvalue weighted by molar-refractivity contribution is 0.0366. The Kier molecular flexibility index (Phi) is 6.48. The number of carbonyl (C=O) groups excluding carboxylic acids is 1. The molecule has 0 radical (unpaired) electrons. The number of carbonyl (C=O) groups is 1. The molecule has 22 heavy (non-hydrogen) atoms. The molecule has 0 aromatic heterocycles. The highest BCUT2D eigenvalue weighted by atomic mass is 16.6. The lowest BCUT2D eigenvalue weighted by Crippen LogP contribution is -2.40. The molecule has 0 spiro atoms. The third-order valence-electron chi connectivity index (χ3n) is 3.70. The summed E-state index contributed by atoms with van der Waals surface area (Å²) in [5, 5.41) is 12.1. The van der Waals surface area contributed by atoms with Gasteiger partial charge in [-0.1, -0.05) is 12.5 Å². The molecule has 1 saturated heterocycles. The van der Waals surface area contributed by atoms with Gasteiger partial charge in [0.15, 0.2) is 0 Å². The Hall–Kier alpha value is -1.79. The number of methoxy groups -OCH3 is 1. The first-order valence-corrected chi connectivity index (χ1v) is 7.66. The fraction of sp³-hybridized carbons (Fsp3) is 0.562. The van der Waals surface area contributed by atoms with Gasteiger partial charge in [-0.05, 0) is 38.1 Å². The van der Waals surface area contributed by atoms with Crippen molar-refractivity contribution in [2.24, 2.45) is 0 Å². The van der Waals surface area contributed by atoms with E-state index in [1.807, 2.05) is 0 Å². The van der Waals surface area contributed by atoms with Crippen LogP contribution < -0.4 is 10.1 Å². The van der Waals surface area contributed by atoms with Crippen LogP contribution >= 0.6 is 0 Å². The molecule has 2 rings (SSSR count). The average Bonchev–Trinajstić information content (AvgIpc) is 2.55. The van der Waals surface area contributed by atoms with Gasteiger partial charge in [0, 0.05) is 18.3 Å². The van der Waals surface area contributed by atoms with E-state index in [4.69, 9.17) is 9.47 Å². The van der Waals surface area contributed by atoms with Crippen molar-refractivity contribution in [3.8, 4) is 5.75 Å². The van der Waals surface area contributed by atoms with Gasteiger partial charge >= 0.3 is 6.09 Å². The van der Waals surface area contributed by atoms with E-state index in [1.54, 1.807) is 31.4 Å². The predicted molar refractivity (Wildman–Crippen MR) is 84.3 cm³/mol. The van der Waals surface area contributed by atoms with E-state index in [1.165, 1.54) is 6.42 Å². The SMILES string of the molecule is COc1cccc(NC(=O)OC(CO)CN2CCCCC2)c1. The number of likely N-dealkylation sites (tertiary alicyclic amines) is 1. The van der Waals surface area contributed by atoms with Crippen molar-refractivity contribution in [3.05, 3.63) is 24.3 Å². The molecular weight excluding hydrogens is 284 g/mol. The summed E-state index contributed by atoms with van der Waals surface area (Å²) in [4.78, 5) is 14.1. The van der Waals surface area contributed by atoms with Crippen LogP contribution in [0.1, 0.15) is 19.3 Å². The van der Waals surface area contributed by atoms with Crippen molar-refractivity contribution in [2.45, 2.75) is 25.4 Å². The summed E-state index contributed by atoms with van der Waals surface area (Å²) in [6.07, 6.45) is 2.49. The molecule has 1 atom stereocenters. The fourth-order valence-corrected chi connectivity index (χ4v) is 2.56. The molecule has 6 nitrogen and oxygen atoms in total. The molecular formula is C16H24N2O4. The number of benzene rings is 1. The largest absolute Gasteiger partial charge is 0.497 e. The number of nitrogens with one attached hydrogen (secondary N) is 1. The van der Waals surface area contributed by atoms with Gasteiger partial charge in [0.25, 0.3) is 0 Å². The molecule has 1 amide bonds. The molecule has 1 heterocycles. The highest BCUT2D eigenvalue weighted by Crippen LogP contribution is 2.17. The number of aliphatic hydroxyl groups is 1. The van der Waals surface area contributed by atoms with Crippen LogP contribution in [0.4, 0.5) is 10.5 Å². The van der Waals surface area contributed by atoms with E-state index in [0.717, 1.165) is 25.9 Å². The normalized spacial score (nSPS) is 16.8. The second-order valence-electron chi connectivity index (χ2n) is 5.43. The molecule has 0 saturated carbocycles. The number of aliphatic hydroxyl groups excluding tert-OH is 1. The summed E-state index contributed by atoms with van der Waals surface area (Å²) in [6.45, 7) is 2.39. The topological polar surface area (TPSA) is 71.0 Å². The maximum atomic E-state index is 11.9. The van der Waals surface area contributed by atoms with Crippen LogP contribution in [0.5, 0.6) is 5.75 Å².